The van der Waals surface area contributed by atoms with E-state index in [0.717, 1.165) is 114 Å². The van der Waals surface area contributed by atoms with Gasteiger partial charge in [0.1, 0.15) is 19.3 Å². The number of aliphatic hydroxyl groups is 1. The molecular formula is C81H158O17P2. The summed E-state index contributed by atoms with van der Waals surface area (Å²) in [5, 5.41) is 10.6. The Kier molecular flexibility index (Phi) is 68.7. The van der Waals surface area contributed by atoms with Gasteiger partial charge in [-0.05, 0) is 49.4 Å². The molecule has 3 N–H and O–H groups in total. The summed E-state index contributed by atoms with van der Waals surface area (Å²) in [7, 11) is -9.92. The first kappa shape index (κ1) is 98.1. The third-order valence-electron chi connectivity index (χ3n) is 19.2. The molecule has 0 aromatic carbocycles. The van der Waals surface area contributed by atoms with E-state index in [0.29, 0.717) is 31.6 Å². The van der Waals surface area contributed by atoms with Gasteiger partial charge in [0.05, 0.1) is 26.4 Å². The Morgan fingerprint density at radius 2 is 0.480 bits per heavy atom. The second-order valence-corrected chi connectivity index (χ2v) is 33.7. The molecule has 0 bridgehead atoms. The topological polar surface area (TPSA) is 237 Å². The number of esters is 4. The summed E-state index contributed by atoms with van der Waals surface area (Å²) >= 11 is 0. The molecule has 0 spiro atoms. The van der Waals surface area contributed by atoms with Crippen molar-refractivity contribution in [3.05, 3.63) is 0 Å². The van der Waals surface area contributed by atoms with Gasteiger partial charge < -0.3 is 33.8 Å². The molecule has 0 radical (unpaired) electrons. The zero-order chi connectivity index (χ0) is 73.8. The van der Waals surface area contributed by atoms with Crippen LogP contribution in [0.2, 0.25) is 0 Å². The number of ether oxygens (including phenoxy) is 4. The van der Waals surface area contributed by atoms with Gasteiger partial charge in [-0.25, -0.2) is 9.13 Å². The fourth-order valence-electron chi connectivity index (χ4n) is 12.4. The normalized spacial score (nSPS) is 14.3. The average molecular weight is 1470 g/mol. The van der Waals surface area contributed by atoms with E-state index in [2.05, 4.69) is 55.4 Å². The Labute approximate surface area is 613 Å². The van der Waals surface area contributed by atoms with E-state index in [1.165, 1.54) is 212 Å². The predicted molar refractivity (Wildman–Crippen MR) is 409 cm³/mol. The van der Waals surface area contributed by atoms with E-state index >= 15 is 0 Å². The molecule has 4 unspecified atom stereocenters. The van der Waals surface area contributed by atoms with E-state index in [9.17, 15) is 43.2 Å². The van der Waals surface area contributed by atoms with Crippen LogP contribution in [0.1, 0.15) is 415 Å². The first-order valence-corrected chi connectivity index (χ1v) is 44.7. The van der Waals surface area contributed by atoms with E-state index in [-0.39, 0.29) is 25.7 Å². The van der Waals surface area contributed by atoms with Gasteiger partial charge in [0.25, 0.3) is 0 Å². The molecular weight excluding hydrogens is 1310 g/mol. The number of aliphatic hydroxyl groups excluding tert-OH is 1. The lowest BCUT2D eigenvalue weighted by Crippen LogP contribution is -2.30. The minimum absolute atomic E-state index is 0.106. The fraction of sp³-hybridized carbons (Fsp3) is 0.951. The molecule has 0 fully saturated rings. The Balaban J connectivity index is 5.20. The minimum atomic E-state index is -4.96. The predicted octanol–water partition coefficient (Wildman–Crippen LogP) is 24.0. The van der Waals surface area contributed by atoms with Crippen molar-refractivity contribution < 1.29 is 80.2 Å². The van der Waals surface area contributed by atoms with Crippen LogP contribution in [-0.2, 0) is 65.4 Å². The lowest BCUT2D eigenvalue weighted by Gasteiger charge is -2.21. The quantitative estimate of drug-likeness (QED) is 0.0222. The van der Waals surface area contributed by atoms with Crippen molar-refractivity contribution in [3.8, 4) is 0 Å². The third kappa shape index (κ3) is 73.0. The van der Waals surface area contributed by atoms with Crippen LogP contribution in [0.25, 0.3) is 0 Å². The summed E-state index contributed by atoms with van der Waals surface area (Å²) in [6.45, 7) is 14.2. The second-order valence-electron chi connectivity index (χ2n) is 30.8. The molecule has 0 aliphatic heterocycles. The number of hydrogen-bond acceptors (Lipinski definition) is 15. The van der Waals surface area contributed by atoms with Gasteiger partial charge in [-0.3, -0.25) is 37.3 Å². The molecule has 19 heteroatoms. The zero-order valence-electron chi connectivity index (χ0n) is 65.8. The molecule has 100 heavy (non-hydrogen) atoms. The standard InChI is InChI=1S/C81H158O17P2/c1-9-74(8)60-52-44-35-29-25-26-32-38-48-56-64-81(86)97-76(67-91-78(83)61-53-45-36-30-23-19-16-12-14-18-22-28-34-42-50-58-72(4)5)69-95-99(87,88)93-65-75(82)66-94-100(89,90)96-70-77(68-92-79(84)62-54-46-40-39-43-51-59-73(6)7)98-80(85)63-55-47-37-31-24-20-15-11-10-13-17-21-27-33-41-49-57-71(2)3/h71-77,82H,9-70H2,1-8H3,(H,87,88)(H,89,90)/t74?,75?,76-,77-/m1/s1. The maximum Gasteiger partial charge on any atom is 0.472 e. The van der Waals surface area contributed by atoms with Crippen LogP contribution in [0.4, 0.5) is 0 Å². The van der Waals surface area contributed by atoms with Crippen LogP contribution in [0.15, 0.2) is 0 Å². The number of phosphoric ester groups is 2. The van der Waals surface area contributed by atoms with Gasteiger partial charge in [-0.2, -0.15) is 0 Å². The molecule has 0 aromatic rings. The Morgan fingerprint density at radius 3 is 0.710 bits per heavy atom. The molecule has 6 atom stereocenters. The molecule has 0 aliphatic rings. The van der Waals surface area contributed by atoms with Gasteiger partial charge in [0, 0.05) is 25.7 Å². The van der Waals surface area contributed by atoms with Crippen molar-refractivity contribution >= 4 is 39.5 Å². The molecule has 0 aromatic heterocycles. The fourth-order valence-corrected chi connectivity index (χ4v) is 14.0. The highest BCUT2D eigenvalue weighted by Gasteiger charge is 2.30. The summed E-state index contributed by atoms with van der Waals surface area (Å²) in [4.78, 5) is 73.0. The SMILES string of the molecule is CCC(C)CCCCCCCCCCCCC(=O)O[C@H](COC(=O)CCCCCCCCCCCCCCCCCC(C)C)COP(=O)(O)OCC(O)COP(=O)(O)OC[C@@H](COC(=O)CCCCCCCCC(C)C)OC(=O)CCCCCCCCCCCCCCCCCCC(C)C. The van der Waals surface area contributed by atoms with Crippen LogP contribution in [0, 0.1) is 23.7 Å². The van der Waals surface area contributed by atoms with Crippen molar-refractivity contribution in [2.24, 2.45) is 23.7 Å². The van der Waals surface area contributed by atoms with Crippen LogP contribution in [0.5, 0.6) is 0 Å². The second kappa shape index (κ2) is 70.1. The minimum Gasteiger partial charge on any atom is -0.462 e. The van der Waals surface area contributed by atoms with Crippen molar-refractivity contribution in [2.75, 3.05) is 39.6 Å². The molecule has 0 saturated carbocycles. The summed E-state index contributed by atoms with van der Waals surface area (Å²) in [5.74, 6) is 0.982. The largest absolute Gasteiger partial charge is 0.472 e. The number of carbonyl (C=O) groups is 4. The van der Waals surface area contributed by atoms with Crippen molar-refractivity contribution in [3.63, 3.8) is 0 Å². The zero-order valence-corrected chi connectivity index (χ0v) is 67.6. The Hall–Kier alpha value is -1.94. The van der Waals surface area contributed by atoms with Crippen LogP contribution in [-0.4, -0.2) is 96.7 Å². The number of rotatable bonds is 78. The van der Waals surface area contributed by atoms with Gasteiger partial charge in [0.15, 0.2) is 12.2 Å². The molecule has 0 rings (SSSR count). The summed E-state index contributed by atoms with van der Waals surface area (Å²) in [6.07, 6.45) is 57.0. The summed E-state index contributed by atoms with van der Waals surface area (Å²) in [6, 6.07) is 0. The summed E-state index contributed by atoms with van der Waals surface area (Å²) in [5.41, 5.74) is 0. The Bertz CT molecular complexity index is 1960. The maximum atomic E-state index is 13.1. The smallest absolute Gasteiger partial charge is 0.462 e. The maximum absolute atomic E-state index is 13.1. The molecule has 0 saturated heterocycles. The number of carbonyl (C=O) groups excluding carboxylic acids is 4. The van der Waals surface area contributed by atoms with Gasteiger partial charge in [-0.15, -0.1) is 0 Å². The van der Waals surface area contributed by atoms with Crippen molar-refractivity contribution in [1.82, 2.24) is 0 Å². The first-order valence-electron chi connectivity index (χ1n) is 41.7. The molecule has 17 nitrogen and oxygen atoms in total. The van der Waals surface area contributed by atoms with E-state index in [4.69, 9.17) is 37.0 Å². The van der Waals surface area contributed by atoms with E-state index in [1.54, 1.807) is 0 Å². The highest BCUT2D eigenvalue weighted by Crippen LogP contribution is 2.45. The Morgan fingerprint density at radius 1 is 0.280 bits per heavy atom. The molecule has 0 aliphatic carbocycles. The number of hydrogen-bond donors (Lipinski definition) is 3. The van der Waals surface area contributed by atoms with Crippen LogP contribution >= 0.6 is 15.6 Å². The lowest BCUT2D eigenvalue weighted by molar-refractivity contribution is -0.161. The summed E-state index contributed by atoms with van der Waals surface area (Å²) < 4.78 is 68.7. The highest BCUT2D eigenvalue weighted by atomic mass is 31.2. The highest BCUT2D eigenvalue weighted by molar-refractivity contribution is 7.47. The van der Waals surface area contributed by atoms with Gasteiger partial charge >= 0.3 is 39.5 Å². The average Bonchev–Trinajstić information content (AvgIpc) is 1.01. The molecule has 0 amide bonds. The lowest BCUT2D eigenvalue weighted by atomic mass is 9.99. The van der Waals surface area contributed by atoms with Gasteiger partial charge in [0.2, 0.25) is 0 Å². The van der Waals surface area contributed by atoms with Gasteiger partial charge in [-0.1, -0.05) is 364 Å². The van der Waals surface area contributed by atoms with E-state index in [1.807, 2.05) is 0 Å². The van der Waals surface area contributed by atoms with E-state index < -0.39 is 97.5 Å². The molecule has 0 heterocycles. The number of unbranched alkanes of at least 4 members (excludes halogenated alkanes) is 43. The number of phosphoric acid groups is 2. The van der Waals surface area contributed by atoms with Crippen LogP contribution in [0.3, 0.4) is 0 Å². The first-order chi connectivity index (χ1) is 48.1. The van der Waals surface area contributed by atoms with Crippen molar-refractivity contribution in [2.45, 2.75) is 433 Å². The third-order valence-corrected chi connectivity index (χ3v) is 21.1. The molecule has 594 valence electrons. The van der Waals surface area contributed by atoms with Crippen LogP contribution < -0.4 is 0 Å². The monoisotopic (exact) mass is 1470 g/mol. The van der Waals surface area contributed by atoms with Crippen molar-refractivity contribution in [1.29, 1.82) is 0 Å².